The number of aromatic nitrogens is 2. The van der Waals surface area contributed by atoms with Crippen molar-refractivity contribution in [3.63, 3.8) is 0 Å². The van der Waals surface area contributed by atoms with Crippen LogP contribution in [0.4, 0.5) is 19.0 Å². The fourth-order valence-corrected chi connectivity index (χ4v) is 5.72. The van der Waals surface area contributed by atoms with Crippen LogP contribution in [0.1, 0.15) is 31.5 Å². The van der Waals surface area contributed by atoms with Gasteiger partial charge in [-0.25, -0.2) is 9.97 Å². The topological polar surface area (TPSA) is 118 Å². The molecule has 0 aliphatic carbocycles. The molecule has 4 rings (SSSR count). The summed E-state index contributed by atoms with van der Waals surface area (Å²) in [5.41, 5.74) is 1.69. The lowest BCUT2D eigenvalue weighted by atomic mass is 9.72. The van der Waals surface area contributed by atoms with Crippen molar-refractivity contribution in [2.75, 3.05) is 57.8 Å². The minimum Gasteiger partial charge on any atom is -0.512 e. The minimum absolute atomic E-state index is 0.0137. The monoisotopic (exact) mass is 596 g/mol. The van der Waals surface area contributed by atoms with Gasteiger partial charge in [-0.2, -0.15) is 13.2 Å². The number of anilines is 1. The van der Waals surface area contributed by atoms with Crippen molar-refractivity contribution in [2.24, 2.45) is 5.41 Å². The summed E-state index contributed by atoms with van der Waals surface area (Å²) in [6.07, 6.45) is -4.65. The number of hydrogen-bond acceptors (Lipinski definition) is 9. The second-order valence-corrected chi connectivity index (χ2v) is 11.3. The Bertz CT molecular complexity index is 1320. The van der Waals surface area contributed by atoms with Gasteiger partial charge < -0.3 is 30.6 Å². The van der Waals surface area contributed by atoms with Gasteiger partial charge in [-0.15, -0.1) is 0 Å². The number of nitrogens with zero attached hydrogens (tertiary/aromatic N) is 4. The van der Waals surface area contributed by atoms with E-state index in [0.717, 1.165) is 0 Å². The standard InChI is InChI=1S/C28H36ClF3N6O3/c1-5-22(40)23(17(3)33)24-16(2)26(38-13-27(14-38)11-37(12-27)15-28(30,31)32)36-25(35-24)20-8-19(6-7-21(20)29)41-10-18(39)9-34-4/h6-8,18,33-34,39-40H,5,9-15H2,1-4H3/b23-22+,33-17?/t18-/m1/s1. The highest BCUT2D eigenvalue weighted by Crippen LogP contribution is 2.44. The van der Waals surface area contributed by atoms with Gasteiger partial charge >= 0.3 is 6.18 Å². The van der Waals surface area contributed by atoms with Gasteiger partial charge in [0.1, 0.15) is 30.0 Å². The first-order valence-electron chi connectivity index (χ1n) is 13.4. The lowest BCUT2D eigenvalue weighted by Crippen LogP contribution is -2.73. The van der Waals surface area contributed by atoms with Crippen LogP contribution >= 0.6 is 11.6 Å². The van der Waals surface area contributed by atoms with Crippen molar-refractivity contribution in [2.45, 2.75) is 39.5 Å². The van der Waals surface area contributed by atoms with Crippen LogP contribution in [0, 0.1) is 17.7 Å². The number of likely N-dealkylation sites (N-methyl/N-ethyl adjacent to an activating group) is 1. The second-order valence-electron chi connectivity index (χ2n) is 10.9. The highest BCUT2D eigenvalue weighted by molar-refractivity contribution is 6.33. The molecular weight excluding hydrogens is 561 g/mol. The fourth-order valence-electron chi connectivity index (χ4n) is 5.52. The summed E-state index contributed by atoms with van der Waals surface area (Å²) in [6.45, 7) is 6.44. The van der Waals surface area contributed by atoms with Crippen LogP contribution in [-0.4, -0.2) is 96.0 Å². The Labute approximate surface area is 242 Å². The smallest absolute Gasteiger partial charge is 0.401 e. The van der Waals surface area contributed by atoms with Crippen LogP contribution in [0.3, 0.4) is 0 Å². The van der Waals surface area contributed by atoms with Crippen molar-refractivity contribution in [3.05, 3.63) is 40.2 Å². The van der Waals surface area contributed by atoms with E-state index in [4.69, 9.17) is 31.7 Å². The van der Waals surface area contributed by atoms with Crippen LogP contribution in [0.25, 0.3) is 17.0 Å². The molecule has 0 bridgehead atoms. The number of alkyl halides is 3. The van der Waals surface area contributed by atoms with Crippen LogP contribution in [0.2, 0.25) is 5.02 Å². The van der Waals surface area contributed by atoms with E-state index in [9.17, 15) is 23.4 Å². The van der Waals surface area contributed by atoms with Gasteiger partial charge in [0.25, 0.3) is 0 Å². The first-order chi connectivity index (χ1) is 19.3. The number of nitrogens with one attached hydrogen (secondary N) is 2. The van der Waals surface area contributed by atoms with Gasteiger partial charge in [0.2, 0.25) is 0 Å². The molecule has 4 N–H and O–H groups in total. The number of hydrogen-bond donors (Lipinski definition) is 4. The molecule has 2 aliphatic rings. The number of allylic oxidation sites excluding steroid dienone is 2. The molecule has 0 saturated carbocycles. The van der Waals surface area contributed by atoms with Crippen molar-refractivity contribution < 1.29 is 28.1 Å². The van der Waals surface area contributed by atoms with E-state index in [1.165, 1.54) is 4.90 Å². The molecular formula is C28H36ClF3N6O3. The van der Waals surface area contributed by atoms with E-state index in [1.807, 2.05) is 11.8 Å². The summed E-state index contributed by atoms with van der Waals surface area (Å²) in [5, 5.41) is 32.4. The van der Waals surface area contributed by atoms with Gasteiger partial charge in [-0.05, 0) is 39.1 Å². The first kappa shape index (κ1) is 31.0. The number of ether oxygens (including phenoxy) is 1. The molecule has 1 atom stereocenters. The van der Waals surface area contributed by atoms with Crippen molar-refractivity contribution in [1.29, 1.82) is 5.41 Å². The third-order valence-corrected chi connectivity index (χ3v) is 7.62. The normalized spacial score (nSPS) is 18.0. The largest absolute Gasteiger partial charge is 0.512 e. The molecule has 2 saturated heterocycles. The quantitative estimate of drug-likeness (QED) is 0.222. The lowest BCUT2D eigenvalue weighted by Gasteiger charge is -2.61. The Morgan fingerprint density at radius 3 is 2.51 bits per heavy atom. The minimum atomic E-state index is -4.23. The Morgan fingerprint density at radius 1 is 1.24 bits per heavy atom. The molecule has 1 aromatic heterocycles. The van der Waals surface area contributed by atoms with Gasteiger partial charge in [0.05, 0.1) is 22.8 Å². The molecule has 0 amide bonds. The van der Waals surface area contributed by atoms with E-state index in [0.29, 0.717) is 78.1 Å². The summed E-state index contributed by atoms with van der Waals surface area (Å²) in [5.74, 6) is 1.28. The van der Waals surface area contributed by atoms with E-state index in [2.05, 4.69) is 5.32 Å². The maximum Gasteiger partial charge on any atom is 0.401 e. The zero-order valence-corrected chi connectivity index (χ0v) is 24.3. The van der Waals surface area contributed by atoms with Crippen molar-refractivity contribution in [3.8, 4) is 17.1 Å². The average molecular weight is 597 g/mol. The summed E-state index contributed by atoms with van der Waals surface area (Å²) >= 11 is 6.58. The Balaban J connectivity index is 1.70. The van der Waals surface area contributed by atoms with Gasteiger partial charge in [0.15, 0.2) is 5.82 Å². The fraction of sp³-hybridized carbons (Fsp3) is 0.536. The van der Waals surface area contributed by atoms with E-state index >= 15 is 0 Å². The summed E-state index contributed by atoms with van der Waals surface area (Å²) in [6, 6.07) is 4.99. The van der Waals surface area contributed by atoms with Crippen molar-refractivity contribution in [1.82, 2.24) is 20.2 Å². The third-order valence-electron chi connectivity index (χ3n) is 7.29. The number of aliphatic hydroxyl groups is 2. The van der Waals surface area contributed by atoms with Gasteiger partial charge in [-0.1, -0.05) is 18.5 Å². The van der Waals surface area contributed by atoms with E-state index in [1.54, 1.807) is 39.1 Å². The number of halogens is 4. The third kappa shape index (κ3) is 6.94. The van der Waals surface area contributed by atoms with Gasteiger partial charge in [-0.3, -0.25) is 4.90 Å². The molecule has 224 valence electrons. The van der Waals surface area contributed by atoms with Crippen LogP contribution in [0.5, 0.6) is 5.75 Å². The summed E-state index contributed by atoms with van der Waals surface area (Å²) < 4.78 is 44.2. The summed E-state index contributed by atoms with van der Waals surface area (Å²) in [7, 11) is 1.73. The molecule has 0 radical (unpaired) electrons. The van der Waals surface area contributed by atoms with E-state index < -0.39 is 18.8 Å². The second kappa shape index (κ2) is 12.1. The van der Waals surface area contributed by atoms with E-state index in [-0.39, 0.29) is 29.3 Å². The van der Waals surface area contributed by atoms with Crippen LogP contribution in [-0.2, 0) is 0 Å². The molecule has 2 aromatic rings. The molecule has 2 fully saturated rings. The molecule has 1 aromatic carbocycles. The average Bonchev–Trinajstić information content (AvgIpc) is 2.84. The number of benzene rings is 1. The number of likely N-dealkylation sites (tertiary alicyclic amines) is 1. The predicted molar refractivity (Wildman–Crippen MR) is 153 cm³/mol. The predicted octanol–water partition coefficient (Wildman–Crippen LogP) is 4.47. The molecule has 2 aliphatic heterocycles. The highest BCUT2D eigenvalue weighted by Gasteiger charge is 2.54. The molecule has 41 heavy (non-hydrogen) atoms. The Hall–Kier alpha value is -2.93. The SMILES string of the molecule is CC/C(O)=C(/C(C)=N)c1nc(-c2cc(OC[C@H](O)CNC)ccc2Cl)nc(N2CC3(CN(CC(F)(F)F)C3)C2)c1C. The molecule has 1 spiro atoms. The summed E-state index contributed by atoms with van der Waals surface area (Å²) in [4.78, 5) is 13.0. The van der Waals surface area contributed by atoms with Crippen molar-refractivity contribution >= 4 is 28.7 Å². The zero-order chi connectivity index (χ0) is 30.1. The maximum atomic E-state index is 12.8. The maximum absolute atomic E-state index is 12.8. The Kier molecular flexibility index (Phi) is 9.17. The number of aliphatic hydroxyl groups excluding tert-OH is 2. The zero-order valence-electron chi connectivity index (χ0n) is 23.6. The van der Waals surface area contributed by atoms with Gasteiger partial charge in [0, 0.05) is 61.4 Å². The molecule has 3 heterocycles. The highest BCUT2D eigenvalue weighted by atomic mass is 35.5. The lowest BCUT2D eigenvalue weighted by molar-refractivity contribution is -0.172. The Morgan fingerprint density at radius 2 is 1.93 bits per heavy atom. The van der Waals surface area contributed by atoms with Crippen LogP contribution < -0.4 is 15.0 Å². The molecule has 0 unspecified atom stereocenters. The van der Waals surface area contributed by atoms with Crippen LogP contribution in [0.15, 0.2) is 24.0 Å². The first-order valence-corrected chi connectivity index (χ1v) is 13.8. The number of rotatable bonds is 11. The molecule has 13 heteroatoms. The molecule has 9 nitrogen and oxygen atoms in total.